The van der Waals surface area contributed by atoms with E-state index in [1.807, 2.05) is 0 Å². The zero-order chi connectivity index (χ0) is 10.9. The molecule has 2 saturated heterocycles. The summed E-state index contributed by atoms with van der Waals surface area (Å²) in [5.74, 6) is 0. The predicted octanol–water partition coefficient (Wildman–Crippen LogP) is 1.19. The molecule has 0 amide bonds. The van der Waals surface area contributed by atoms with E-state index in [1.165, 1.54) is 39.0 Å². The molecule has 88 valence electrons. The molecule has 2 heterocycles. The van der Waals surface area contributed by atoms with Crippen LogP contribution in [0.15, 0.2) is 0 Å². The van der Waals surface area contributed by atoms with Crippen LogP contribution < -0.4 is 0 Å². The fraction of sp³-hybridized carbons (Fsp3) is 1.00. The fourth-order valence-electron chi connectivity index (χ4n) is 2.99. The minimum atomic E-state index is 0.198. The first-order valence-corrected chi connectivity index (χ1v) is 6.11. The quantitative estimate of drug-likeness (QED) is 0.699. The van der Waals surface area contributed by atoms with Gasteiger partial charge in [-0.2, -0.15) is 0 Å². The molecule has 1 unspecified atom stereocenters. The Hall–Kier alpha value is -0.120. The lowest BCUT2D eigenvalue weighted by atomic mass is 10.0. The lowest BCUT2D eigenvalue weighted by molar-refractivity contribution is -0.00998. The van der Waals surface area contributed by atoms with Gasteiger partial charge < -0.3 is 4.74 Å². The van der Waals surface area contributed by atoms with Gasteiger partial charge in [-0.1, -0.05) is 0 Å². The van der Waals surface area contributed by atoms with Gasteiger partial charge in [0.05, 0.1) is 6.61 Å². The van der Waals surface area contributed by atoms with E-state index in [2.05, 4.69) is 23.6 Å². The van der Waals surface area contributed by atoms with Crippen molar-refractivity contribution in [2.45, 2.75) is 38.3 Å². The summed E-state index contributed by atoms with van der Waals surface area (Å²) in [6.45, 7) is 10.4. The standard InChI is InChI=1S/C12H24N2O/c1-12(2,10-15-3)14-8-7-13-6-4-5-11(13)9-14/h11H,4-10H2,1-3H3. The molecule has 0 radical (unpaired) electrons. The highest BCUT2D eigenvalue weighted by Gasteiger charge is 2.36. The Labute approximate surface area is 93.4 Å². The highest BCUT2D eigenvalue weighted by Crippen LogP contribution is 2.26. The minimum Gasteiger partial charge on any atom is -0.383 e. The topological polar surface area (TPSA) is 15.7 Å². The van der Waals surface area contributed by atoms with Crippen LogP contribution >= 0.6 is 0 Å². The Morgan fingerprint density at radius 2 is 2.07 bits per heavy atom. The zero-order valence-corrected chi connectivity index (χ0v) is 10.3. The lowest BCUT2D eigenvalue weighted by Crippen LogP contribution is -2.58. The molecule has 0 aromatic rings. The number of piperazine rings is 1. The van der Waals surface area contributed by atoms with E-state index in [4.69, 9.17) is 4.74 Å². The van der Waals surface area contributed by atoms with Crippen LogP contribution in [0, 0.1) is 0 Å². The molecule has 2 rings (SSSR count). The Kier molecular flexibility index (Phi) is 3.33. The molecule has 0 aromatic heterocycles. The molecule has 2 fully saturated rings. The Morgan fingerprint density at radius 3 is 2.80 bits per heavy atom. The van der Waals surface area contributed by atoms with E-state index >= 15 is 0 Å². The molecule has 3 nitrogen and oxygen atoms in total. The first-order chi connectivity index (χ1) is 7.13. The Bertz CT molecular complexity index is 218. The maximum atomic E-state index is 5.32. The van der Waals surface area contributed by atoms with Gasteiger partial charge in [0.1, 0.15) is 0 Å². The molecule has 1 atom stereocenters. The molecular formula is C12H24N2O. The number of rotatable bonds is 3. The monoisotopic (exact) mass is 212 g/mol. The van der Waals surface area contributed by atoms with Crippen LogP contribution in [0.5, 0.6) is 0 Å². The van der Waals surface area contributed by atoms with Crippen molar-refractivity contribution in [3.05, 3.63) is 0 Å². The van der Waals surface area contributed by atoms with Crippen molar-refractivity contribution < 1.29 is 4.74 Å². The third kappa shape index (κ3) is 2.35. The minimum absolute atomic E-state index is 0.198. The van der Waals surface area contributed by atoms with Crippen LogP contribution in [0.3, 0.4) is 0 Å². The van der Waals surface area contributed by atoms with Gasteiger partial charge in [0.2, 0.25) is 0 Å². The molecule has 0 bridgehead atoms. The number of nitrogens with zero attached hydrogens (tertiary/aromatic N) is 2. The summed E-state index contributed by atoms with van der Waals surface area (Å²) in [5.41, 5.74) is 0.198. The predicted molar refractivity (Wildman–Crippen MR) is 62.1 cm³/mol. The van der Waals surface area contributed by atoms with Gasteiger partial charge >= 0.3 is 0 Å². The van der Waals surface area contributed by atoms with Crippen LogP contribution in [0.4, 0.5) is 0 Å². The number of methoxy groups -OCH3 is 1. The van der Waals surface area contributed by atoms with Gasteiger partial charge in [-0.25, -0.2) is 0 Å². The molecule has 0 aliphatic carbocycles. The summed E-state index contributed by atoms with van der Waals surface area (Å²) in [6, 6.07) is 0.815. The highest BCUT2D eigenvalue weighted by molar-refractivity contribution is 4.92. The van der Waals surface area contributed by atoms with E-state index < -0.39 is 0 Å². The van der Waals surface area contributed by atoms with Crippen molar-refractivity contribution in [3.63, 3.8) is 0 Å². The van der Waals surface area contributed by atoms with E-state index in [0.29, 0.717) is 0 Å². The molecule has 0 N–H and O–H groups in total. The van der Waals surface area contributed by atoms with Gasteiger partial charge in [0.25, 0.3) is 0 Å². The van der Waals surface area contributed by atoms with Crippen molar-refractivity contribution in [1.29, 1.82) is 0 Å². The van der Waals surface area contributed by atoms with Crippen LogP contribution in [0.25, 0.3) is 0 Å². The summed E-state index contributed by atoms with van der Waals surface area (Å²) < 4.78 is 5.32. The third-order valence-electron chi connectivity index (χ3n) is 3.94. The molecule has 15 heavy (non-hydrogen) atoms. The van der Waals surface area contributed by atoms with Crippen LogP contribution in [-0.4, -0.2) is 61.3 Å². The van der Waals surface area contributed by atoms with Gasteiger partial charge in [-0.15, -0.1) is 0 Å². The van der Waals surface area contributed by atoms with Gasteiger partial charge in [-0.3, -0.25) is 9.80 Å². The van der Waals surface area contributed by atoms with Crippen molar-refractivity contribution >= 4 is 0 Å². The molecule has 3 heteroatoms. The summed E-state index contributed by atoms with van der Waals surface area (Å²) in [6.07, 6.45) is 2.78. The van der Waals surface area contributed by atoms with E-state index in [1.54, 1.807) is 7.11 Å². The summed E-state index contributed by atoms with van der Waals surface area (Å²) in [5, 5.41) is 0. The van der Waals surface area contributed by atoms with Gasteiger partial charge in [0.15, 0.2) is 0 Å². The molecule has 0 aromatic carbocycles. The molecular weight excluding hydrogens is 188 g/mol. The maximum absolute atomic E-state index is 5.32. The second kappa shape index (κ2) is 4.40. The van der Waals surface area contributed by atoms with Crippen molar-refractivity contribution in [3.8, 4) is 0 Å². The maximum Gasteiger partial charge on any atom is 0.0641 e. The van der Waals surface area contributed by atoms with Crippen LogP contribution in [0.2, 0.25) is 0 Å². The lowest BCUT2D eigenvalue weighted by Gasteiger charge is -2.45. The number of fused-ring (bicyclic) bond motifs is 1. The van der Waals surface area contributed by atoms with Crippen molar-refractivity contribution in [2.24, 2.45) is 0 Å². The third-order valence-corrected chi connectivity index (χ3v) is 3.94. The van der Waals surface area contributed by atoms with Crippen molar-refractivity contribution in [1.82, 2.24) is 9.80 Å². The van der Waals surface area contributed by atoms with Crippen LogP contribution in [0.1, 0.15) is 26.7 Å². The van der Waals surface area contributed by atoms with Crippen molar-refractivity contribution in [2.75, 3.05) is 39.9 Å². The average Bonchev–Trinajstić information content (AvgIpc) is 2.63. The number of hydrogen-bond acceptors (Lipinski definition) is 3. The fourth-order valence-corrected chi connectivity index (χ4v) is 2.99. The molecule has 2 aliphatic heterocycles. The van der Waals surface area contributed by atoms with Gasteiger partial charge in [0, 0.05) is 38.3 Å². The Balaban J connectivity index is 1.94. The normalized spacial score (nSPS) is 29.4. The smallest absolute Gasteiger partial charge is 0.0641 e. The number of hydrogen-bond donors (Lipinski definition) is 0. The summed E-state index contributed by atoms with van der Waals surface area (Å²) in [7, 11) is 1.80. The SMILES string of the molecule is COCC(C)(C)N1CCN2CCCC2C1. The molecule has 0 spiro atoms. The van der Waals surface area contributed by atoms with E-state index in [0.717, 1.165) is 12.6 Å². The van der Waals surface area contributed by atoms with Gasteiger partial charge in [-0.05, 0) is 33.2 Å². The molecule has 2 aliphatic rings. The first kappa shape index (κ1) is 11.4. The number of ether oxygens (including phenoxy) is 1. The summed E-state index contributed by atoms with van der Waals surface area (Å²) in [4.78, 5) is 5.25. The van der Waals surface area contributed by atoms with Crippen LogP contribution in [-0.2, 0) is 4.74 Å². The molecule has 0 saturated carbocycles. The zero-order valence-electron chi connectivity index (χ0n) is 10.3. The summed E-state index contributed by atoms with van der Waals surface area (Å²) >= 11 is 0. The van der Waals surface area contributed by atoms with E-state index in [-0.39, 0.29) is 5.54 Å². The second-order valence-corrected chi connectivity index (χ2v) is 5.52. The second-order valence-electron chi connectivity index (χ2n) is 5.52. The largest absolute Gasteiger partial charge is 0.383 e. The highest BCUT2D eigenvalue weighted by atomic mass is 16.5. The average molecular weight is 212 g/mol. The Morgan fingerprint density at radius 1 is 1.27 bits per heavy atom. The van der Waals surface area contributed by atoms with E-state index in [9.17, 15) is 0 Å². The first-order valence-electron chi connectivity index (χ1n) is 6.11.